The summed E-state index contributed by atoms with van der Waals surface area (Å²) in [7, 11) is 0. The molecule has 0 aliphatic carbocycles. The summed E-state index contributed by atoms with van der Waals surface area (Å²) in [6.07, 6.45) is 0.0400. The molecule has 2 amide bonds. The Morgan fingerprint density at radius 1 is 1.43 bits per heavy atom. The van der Waals surface area contributed by atoms with Gasteiger partial charge >= 0.3 is 0 Å². The molecule has 6 nitrogen and oxygen atoms in total. The maximum atomic E-state index is 11.8. The number of carbonyl (C=O) groups is 2. The minimum atomic E-state index is -0.506. The maximum Gasteiger partial charge on any atom is 0.249 e. The molecule has 0 aromatic heterocycles. The Balaban J connectivity index is 1.94. The Labute approximate surface area is 130 Å². The van der Waals surface area contributed by atoms with Crippen LogP contribution in [0.15, 0.2) is 38.9 Å². The summed E-state index contributed by atoms with van der Waals surface area (Å²) in [6, 6.07) is 7.60. The van der Waals surface area contributed by atoms with E-state index in [1.54, 1.807) is 13.8 Å². The number of hydrazone groups is 2. The van der Waals surface area contributed by atoms with E-state index >= 15 is 0 Å². The van der Waals surface area contributed by atoms with Crippen LogP contribution in [0, 0.1) is 5.92 Å². The van der Waals surface area contributed by atoms with Crippen molar-refractivity contribution >= 4 is 39.2 Å². The first-order valence-corrected chi connectivity index (χ1v) is 7.20. The fourth-order valence-corrected chi connectivity index (χ4v) is 2.13. The highest BCUT2D eigenvalue weighted by Crippen LogP contribution is 2.12. The molecule has 0 saturated heterocycles. The topological polar surface area (TPSA) is 82.9 Å². The quantitative estimate of drug-likeness (QED) is 0.641. The molecular weight excluding hydrogens is 336 g/mol. The van der Waals surface area contributed by atoms with Crippen molar-refractivity contribution in [2.24, 2.45) is 16.1 Å². The van der Waals surface area contributed by atoms with Gasteiger partial charge in [-0.1, -0.05) is 28.1 Å². The zero-order valence-electron chi connectivity index (χ0n) is 11.7. The normalized spacial score (nSPS) is 18.2. The number of nitrogens with zero attached hydrogens (tertiary/aromatic N) is 2. The number of hydrogen-bond donors (Lipinski definition) is 2. The SMILES string of the molecule is CC1=NNC(=O)[C@H]1CC(=O)N/N=C(/C)c1ccc(Br)cc1. The Kier molecular flexibility index (Phi) is 4.85. The number of amides is 2. The molecule has 0 spiro atoms. The molecule has 110 valence electrons. The van der Waals surface area contributed by atoms with Gasteiger partial charge in [0.15, 0.2) is 0 Å². The molecule has 21 heavy (non-hydrogen) atoms. The van der Waals surface area contributed by atoms with Gasteiger partial charge in [-0.05, 0) is 31.5 Å². The van der Waals surface area contributed by atoms with Gasteiger partial charge in [0, 0.05) is 16.6 Å². The van der Waals surface area contributed by atoms with Gasteiger partial charge in [-0.3, -0.25) is 9.59 Å². The molecule has 2 N–H and O–H groups in total. The highest BCUT2D eigenvalue weighted by Gasteiger charge is 2.29. The molecule has 1 aromatic carbocycles. The van der Waals surface area contributed by atoms with E-state index in [0.717, 1.165) is 10.0 Å². The van der Waals surface area contributed by atoms with E-state index in [0.29, 0.717) is 11.4 Å². The van der Waals surface area contributed by atoms with Crippen molar-refractivity contribution in [1.29, 1.82) is 0 Å². The van der Waals surface area contributed by atoms with Crippen LogP contribution in [-0.4, -0.2) is 23.2 Å². The molecular formula is C14H15BrN4O2. The van der Waals surface area contributed by atoms with Crippen LogP contribution in [0.4, 0.5) is 0 Å². The van der Waals surface area contributed by atoms with Crippen molar-refractivity contribution in [3.8, 4) is 0 Å². The number of hydrogen-bond acceptors (Lipinski definition) is 4. The Bertz CT molecular complexity index is 622. The summed E-state index contributed by atoms with van der Waals surface area (Å²) < 4.78 is 0.977. The van der Waals surface area contributed by atoms with Crippen molar-refractivity contribution in [1.82, 2.24) is 10.9 Å². The third-order valence-electron chi connectivity index (χ3n) is 3.16. The molecule has 0 saturated carbocycles. The second-order valence-corrected chi connectivity index (χ2v) is 5.64. The molecule has 7 heteroatoms. The largest absolute Gasteiger partial charge is 0.273 e. The van der Waals surface area contributed by atoms with Crippen LogP contribution in [0.2, 0.25) is 0 Å². The lowest BCUT2D eigenvalue weighted by molar-refractivity contribution is -0.127. The number of rotatable bonds is 4. The predicted octanol–water partition coefficient (Wildman–Crippen LogP) is 1.80. The van der Waals surface area contributed by atoms with E-state index in [-0.39, 0.29) is 18.2 Å². The average molecular weight is 351 g/mol. The summed E-state index contributed by atoms with van der Waals surface area (Å²) in [6.45, 7) is 3.52. The van der Waals surface area contributed by atoms with Gasteiger partial charge in [0.2, 0.25) is 11.8 Å². The molecule has 1 aliphatic rings. The zero-order chi connectivity index (χ0) is 15.4. The van der Waals surface area contributed by atoms with Crippen molar-refractivity contribution in [3.63, 3.8) is 0 Å². The van der Waals surface area contributed by atoms with Gasteiger partial charge in [-0.15, -0.1) is 0 Å². The van der Waals surface area contributed by atoms with E-state index in [9.17, 15) is 9.59 Å². The van der Waals surface area contributed by atoms with Gasteiger partial charge < -0.3 is 0 Å². The van der Waals surface area contributed by atoms with Crippen LogP contribution >= 0.6 is 15.9 Å². The summed E-state index contributed by atoms with van der Waals surface area (Å²) in [5.74, 6) is -1.08. The number of nitrogens with one attached hydrogen (secondary N) is 2. The molecule has 0 radical (unpaired) electrons. The minimum absolute atomic E-state index is 0.0400. The minimum Gasteiger partial charge on any atom is -0.273 e. The van der Waals surface area contributed by atoms with Gasteiger partial charge in [0.25, 0.3) is 0 Å². The van der Waals surface area contributed by atoms with E-state index < -0.39 is 5.92 Å². The summed E-state index contributed by atoms with van der Waals surface area (Å²) >= 11 is 3.36. The van der Waals surface area contributed by atoms with Crippen molar-refractivity contribution < 1.29 is 9.59 Å². The van der Waals surface area contributed by atoms with Crippen LogP contribution < -0.4 is 10.9 Å². The standard InChI is InChI=1S/C14H15BrN4O2/c1-8(10-3-5-11(15)6-4-10)16-18-13(20)7-12-9(2)17-19-14(12)21/h3-6,12H,7H2,1-2H3,(H,18,20)(H,19,21)/b16-8-/t12-/m0/s1. The first-order valence-electron chi connectivity index (χ1n) is 6.40. The Morgan fingerprint density at radius 2 is 2.10 bits per heavy atom. The fraction of sp³-hybridized carbons (Fsp3) is 0.286. The van der Waals surface area contributed by atoms with Crippen LogP contribution in [0.1, 0.15) is 25.8 Å². The van der Waals surface area contributed by atoms with Crippen LogP contribution in [0.25, 0.3) is 0 Å². The van der Waals surface area contributed by atoms with Gasteiger partial charge in [0.05, 0.1) is 11.6 Å². The van der Waals surface area contributed by atoms with E-state index in [4.69, 9.17) is 0 Å². The summed E-state index contributed by atoms with van der Waals surface area (Å²) in [4.78, 5) is 23.3. The summed E-state index contributed by atoms with van der Waals surface area (Å²) in [5.41, 5.74) is 7.03. The Hall–Kier alpha value is -2.02. The molecule has 1 aromatic rings. The highest BCUT2D eigenvalue weighted by atomic mass is 79.9. The average Bonchev–Trinajstić information content (AvgIpc) is 2.77. The third-order valence-corrected chi connectivity index (χ3v) is 3.69. The highest BCUT2D eigenvalue weighted by molar-refractivity contribution is 9.10. The first-order chi connectivity index (χ1) is 9.97. The smallest absolute Gasteiger partial charge is 0.249 e. The van der Waals surface area contributed by atoms with Crippen LogP contribution in [0.3, 0.4) is 0 Å². The molecule has 1 atom stereocenters. The van der Waals surface area contributed by atoms with Crippen molar-refractivity contribution in [2.75, 3.05) is 0 Å². The van der Waals surface area contributed by atoms with Crippen LogP contribution in [0.5, 0.6) is 0 Å². The van der Waals surface area contributed by atoms with Crippen molar-refractivity contribution in [3.05, 3.63) is 34.3 Å². The van der Waals surface area contributed by atoms with Crippen molar-refractivity contribution in [2.45, 2.75) is 20.3 Å². The fourth-order valence-electron chi connectivity index (χ4n) is 1.86. The lowest BCUT2D eigenvalue weighted by atomic mass is 10.0. The molecule has 1 aliphatic heterocycles. The summed E-state index contributed by atoms with van der Waals surface area (Å²) in [5, 5.41) is 7.85. The van der Waals surface area contributed by atoms with E-state index in [1.165, 1.54) is 0 Å². The Morgan fingerprint density at radius 3 is 2.67 bits per heavy atom. The maximum absolute atomic E-state index is 11.8. The first kappa shape index (κ1) is 15.4. The zero-order valence-corrected chi connectivity index (χ0v) is 13.3. The molecule has 0 bridgehead atoms. The van der Waals surface area contributed by atoms with Crippen LogP contribution in [-0.2, 0) is 9.59 Å². The lowest BCUT2D eigenvalue weighted by Crippen LogP contribution is -2.29. The van der Waals surface area contributed by atoms with E-state index in [1.807, 2.05) is 24.3 Å². The molecule has 0 unspecified atom stereocenters. The second-order valence-electron chi connectivity index (χ2n) is 4.73. The monoisotopic (exact) mass is 350 g/mol. The number of halogens is 1. The van der Waals surface area contributed by atoms with Gasteiger partial charge in [0.1, 0.15) is 0 Å². The van der Waals surface area contributed by atoms with Gasteiger partial charge in [-0.25, -0.2) is 10.9 Å². The molecule has 0 fully saturated rings. The lowest BCUT2D eigenvalue weighted by Gasteiger charge is -2.07. The number of carbonyl (C=O) groups excluding carboxylic acids is 2. The number of benzene rings is 1. The second kappa shape index (κ2) is 6.62. The predicted molar refractivity (Wildman–Crippen MR) is 83.9 cm³/mol. The molecule has 2 rings (SSSR count). The van der Waals surface area contributed by atoms with E-state index in [2.05, 4.69) is 37.0 Å². The van der Waals surface area contributed by atoms with Gasteiger partial charge in [-0.2, -0.15) is 10.2 Å². The molecule has 1 heterocycles. The third kappa shape index (κ3) is 3.98.